The molecule has 0 aliphatic carbocycles. The van der Waals surface area contributed by atoms with Crippen molar-refractivity contribution in [3.63, 3.8) is 0 Å². The van der Waals surface area contributed by atoms with Gasteiger partial charge in [0.1, 0.15) is 5.75 Å². The van der Waals surface area contributed by atoms with Crippen LogP contribution in [0.25, 0.3) is 5.69 Å². The standard InChI is InChI=1S/C11H13N5O2S/c1-7(10(18)12-2)19-11-13-14-15-16(11)8-3-5-9(17)6-4-8/h3-7,17H,1-2H3,(H,12,18)/t7-/m0/s1. The van der Waals surface area contributed by atoms with E-state index in [1.54, 1.807) is 38.2 Å². The molecule has 0 fully saturated rings. The Hall–Kier alpha value is -2.09. The average Bonchev–Trinajstić information content (AvgIpc) is 2.86. The van der Waals surface area contributed by atoms with Crippen LogP contribution in [0.2, 0.25) is 0 Å². The topological polar surface area (TPSA) is 92.9 Å². The lowest BCUT2D eigenvalue weighted by Crippen LogP contribution is -2.27. The van der Waals surface area contributed by atoms with Crippen LogP contribution in [0, 0.1) is 0 Å². The average molecular weight is 279 g/mol. The number of carbonyl (C=O) groups excluding carboxylic acids is 1. The van der Waals surface area contributed by atoms with Crippen LogP contribution in [0.4, 0.5) is 0 Å². The smallest absolute Gasteiger partial charge is 0.233 e. The number of amides is 1. The maximum atomic E-state index is 11.5. The molecule has 1 aromatic heterocycles. The molecule has 0 unspecified atom stereocenters. The second kappa shape index (κ2) is 5.70. The van der Waals surface area contributed by atoms with Crippen molar-refractivity contribution in [2.24, 2.45) is 0 Å². The molecule has 0 aliphatic heterocycles. The molecular weight excluding hydrogens is 266 g/mol. The summed E-state index contributed by atoms with van der Waals surface area (Å²) in [7, 11) is 1.59. The second-order valence-corrected chi connectivity index (χ2v) is 5.07. The van der Waals surface area contributed by atoms with Crippen molar-refractivity contribution < 1.29 is 9.90 Å². The van der Waals surface area contributed by atoms with E-state index in [0.29, 0.717) is 5.16 Å². The first-order valence-corrected chi connectivity index (χ1v) is 6.46. The van der Waals surface area contributed by atoms with E-state index >= 15 is 0 Å². The zero-order valence-electron chi connectivity index (χ0n) is 10.4. The molecule has 8 heteroatoms. The maximum Gasteiger partial charge on any atom is 0.233 e. The first kappa shape index (κ1) is 13.3. The molecule has 2 aromatic rings. The van der Waals surface area contributed by atoms with Crippen LogP contribution in [-0.2, 0) is 4.79 Å². The highest BCUT2D eigenvalue weighted by molar-refractivity contribution is 8.00. The Morgan fingerprint density at radius 3 is 2.74 bits per heavy atom. The number of carbonyl (C=O) groups is 1. The lowest BCUT2D eigenvalue weighted by molar-refractivity contribution is -0.119. The summed E-state index contributed by atoms with van der Waals surface area (Å²) in [4.78, 5) is 11.5. The molecule has 2 rings (SSSR count). The lowest BCUT2D eigenvalue weighted by atomic mass is 10.3. The third-order valence-electron chi connectivity index (χ3n) is 2.43. The number of aromatic nitrogens is 4. The van der Waals surface area contributed by atoms with Gasteiger partial charge in [0.2, 0.25) is 11.1 Å². The summed E-state index contributed by atoms with van der Waals surface area (Å²) in [5.41, 5.74) is 0.717. The minimum atomic E-state index is -0.299. The van der Waals surface area contributed by atoms with Crippen molar-refractivity contribution in [2.75, 3.05) is 7.05 Å². The summed E-state index contributed by atoms with van der Waals surface area (Å²) >= 11 is 1.26. The largest absolute Gasteiger partial charge is 0.508 e. The third-order valence-corrected chi connectivity index (χ3v) is 3.47. The van der Waals surface area contributed by atoms with Crippen LogP contribution < -0.4 is 5.32 Å². The molecule has 0 aliphatic rings. The van der Waals surface area contributed by atoms with Gasteiger partial charge in [0.15, 0.2) is 0 Å². The molecule has 100 valence electrons. The number of phenolic OH excluding ortho intramolecular Hbond substituents is 1. The highest BCUT2D eigenvalue weighted by Crippen LogP contribution is 2.23. The number of aromatic hydroxyl groups is 1. The maximum absolute atomic E-state index is 11.5. The molecule has 0 radical (unpaired) electrons. The fourth-order valence-electron chi connectivity index (χ4n) is 1.42. The Kier molecular flexibility index (Phi) is 4.00. The van der Waals surface area contributed by atoms with Gasteiger partial charge in [0, 0.05) is 7.05 Å². The molecule has 0 saturated heterocycles. The molecule has 7 nitrogen and oxygen atoms in total. The van der Waals surface area contributed by atoms with Gasteiger partial charge in [-0.05, 0) is 41.6 Å². The van der Waals surface area contributed by atoms with E-state index in [4.69, 9.17) is 0 Å². The van der Waals surface area contributed by atoms with Gasteiger partial charge >= 0.3 is 0 Å². The minimum absolute atomic E-state index is 0.0924. The van der Waals surface area contributed by atoms with Gasteiger partial charge in [-0.2, -0.15) is 4.68 Å². The van der Waals surface area contributed by atoms with E-state index < -0.39 is 0 Å². The summed E-state index contributed by atoms with van der Waals surface area (Å²) in [5.74, 6) is 0.0787. The number of hydrogen-bond donors (Lipinski definition) is 2. The molecule has 19 heavy (non-hydrogen) atoms. The molecule has 1 heterocycles. The van der Waals surface area contributed by atoms with Gasteiger partial charge in [0.25, 0.3) is 0 Å². The molecule has 1 amide bonds. The number of rotatable bonds is 4. The van der Waals surface area contributed by atoms with Crippen molar-refractivity contribution >= 4 is 17.7 Å². The van der Waals surface area contributed by atoms with Crippen LogP contribution in [0.3, 0.4) is 0 Å². The van der Waals surface area contributed by atoms with E-state index in [9.17, 15) is 9.90 Å². The molecule has 0 spiro atoms. The SMILES string of the molecule is CNC(=O)[C@H](C)Sc1nnnn1-c1ccc(O)cc1. The van der Waals surface area contributed by atoms with E-state index in [2.05, 4.69) is 20.8 Å². The number of phenols is 1. The number of nitrogens with zero attached hydrogens (tertiary/aromatic N) is 4. The van der Waals surface area contributed by atoms with Gasteiger partial charge in [-0.3, -0.25) is 4.79 Å². The zero-order valence-corrected chi connectivity index (χ0v) is 11.3. The van der Waals surface area contributed by atoms with E-state index in [-0.39, 0.29) is 16.9 Å². The highest BCUT2D eigenvalue weighted by atomic mass is 32.2. The number of thioether (sulfide) groups is 1. The summed E-state index contributed by atoms with van der Waals surface area (Å²) in [6.45, 7) is 1.78. The van der Waals surface area contributed by atoms with Crippen LogP contribution in [0.1, 0.15) is 6.92 Å². The van der Waals surface area contributed by atoms with Crippen molar-refractivity contribution in [3.05, 3.63) is 24.3 Å². The van der Waals surface area contributed by atoms with Crippen molar-refractivity contribution in [1.29, 1.82) is 0 Å². The van der Waals surface area contributed by atoms with Gasteiger partial charge in [-0.15, -0.1) is 5.10 Å². The second-order valence-electron chi connectivity index (χ2n) is 3.76. The van der Waals surface area contributed by atoms with Crippen LogP contribution in [0.15, 0.2) is 29.4 Å². The normalized spacial score (nSPS) is 12.1. The molecule has 1 aromatic carbocycles. The fraction of sp³-hybridized carbons (Fsp3) is 0.273. The summed E-state index contributed by atoms with van der Waals surface area (Å²) in [5, 5.41) is 23.4. The van der Waals surface area contributed by atoms with Crippen LogP contribution in [-0.4, -0.2) is 43.5 Å². The van der Waals surface area contributed by atoms with E-state index in [1.807, 2.05) is 0 Å². The number of tetrazole rings is 1. The summed E-state index contributed by atoms with van der Waals surface area (Å²) in [6, 6.07) is 6.49. The fourth-order valence-corrected chi connectivity index (χ4v) is 2.29. The number of hydrogen-bond acceptors (Lipinski definition) is 6. The van der Waals surface area contributed by atoms with Crippen molar-refractivity contribution in [3.8, 4) is 11.4 Å². The van der Waals surface area contributed by atoms with Gasteiger partial charge in [-0.1, -0.05) is 11.8 Å². The minimum Gasteiger partial charge on any atom is -0.508 e. The predicted octanol–water partition coefficient (Wildman–Crippen LogP) is 0.594. The Labute approximate surface area is 114 Å². The van der Waals surface area contributed by atoms with Crippen molar-refractivity contribution in [1.82, 2.24) is 25.5 Å². The van der Waals surface area contributed by atoms with Gasteiger partial charge < -0.3 is 10.4 Å². The summed E-state index contributed by atoms with van der Waals surface area (Å²) in [6.07, 6.45) is 0. The molecule has 0 saturated carbocycles. The monoisotopic (exact) mass is 279 g/mol. The van der Waals surface area contributed by atoms with Crippen LogP contribution in [0.5, 0.6) is 5.75 Å². The Bertz CT molecular complexity index is 569. The van der Waals surface area contributed by atoms with E-state index in [0.717, 1.165) is 5.69 Å². The zero-order chi connectivity index (χ0) is 13.8. The van der Waals surface area contributed by atoms with E-state index in [1.165, 1.54) is 16.4 Å². The number of nitrogens with one attached hydrogen (secondary N) is 1. The Morgan fingerprint density at radius 2 is 2.11 bits per heavy atom. The molecule has 1 atom stereocenters. The predicted molar refractivity (Wildman–Crippen MR) is 70.2 cm³/mol. The van der Waals surface area contributed by atoms with Gasteiger partial charge in [0.05, 0.1) is 10.9 Å². The molecule has 2 N–H and O–H groups in total. The first-order valence-electron chi connectivity index (χ1n) is 5.58. The molecular formula is C11H13N5O2S. The quantitative estimate of drug-likeness (QED) is 0.796. The number of benzene rings is 1. The van der Waals surface area contributed by atoms with Crippen molar-refractivity contribution in [2.45, 2.75) is 17.3 Å². The first-order chi connectivity index (χ1) is 9.11. The third kappa shape index (κ3) is 3.02. The lowest BCUT2D eigenvalue weighted by Gasteiger charge is -2.09. The van der Waals surface area contributed by atoms with Crippen LogP contribution >= 0.6 is 11.8 Å². The summed E-state index contributed by atoms with van der Waals surface area (Å²) < 4.78 is 1.52. The Morgan fingerprint density at radius 1 is 1.42 bits per heavy atom. The highest BCUT2D eigenvalue weighted by Gasteiger charge is 2.17. The van der Waals surface area contributed by atoms with Gasteiger partial charge in [-0.25, -0.2) is 0 Å². The molecule has 0 bridgehead atoms. The Balaban J connectivity index is 2.22.